The molecule has 0 aromatic rings. The van der Waals surface area contributed by atoms with E-state index in [0.29, 0.717) is 13.2 Å². The van der Waals surface area contributed by atoms with Gasteiger partial charge in [0.15, 0.2) is 0 Å². The van der Waals surface area contributed by atoms with E-state index in [-0.39, 0.29) is 12.1 Å². The number of hydrogen-bond acceptors (Lipinski definition) is 3. The zero-order valence-corrected chi connectivity index (χ0v) is 5.29. The summed E-state index contributed by atoms with van der Waals surface area (Å²) in [6, 6.07) is 0.0628. The molecule has 9 heavy (non-hydrogen) atoms. The summed E-state index contributed by atoms with van der Waals surface area (Å²) < 4.78 is 5.20. The van der Waals surface area contributed by atoms with Crippen LogP contribution in [0.3, 0.4) is 0 Å². The van der Waals surface area contributed by atoms with Crippen LogP contribution in [0.4, 0.5) is 0 Å². The molecule has 0 saturated heterocycles. The van der Waals surface area contributed by atoms with Crippen molar-refractivity contribution in [3.63, 3.8) is 0 Å². The topological polar surface area (TPSA) is 61.3 Å². The van der Waals surface area contributed by atoms with Gasteiger partial charge in [0.2, 0.25) is 0 Å². The molecule has 2 atom stereocenters. The van der Waals surface area contributed by atoms with Crippen molar-refractivity contribution in [3.8, 4) is 0 Å². The molecule has 52 valence electrons. The first-order chi connectivity index (χ1) is 4.33. The maximum Gasteiger partial charge on any atom is 0.0879 e. The Hall–Kier alpha value is -0.380. The first-order valence-electron chi connectivity index (χ1n) is 3.08. The molecule has 0 bridgehead atoms. The van der Waals surface area contributed by atoms with Crippen LogP contribution in [0.5, 0.6) is 0 Å². The van der Waals surface area contributed by atoms with E-state index in [9.17, 15) is 0 Å². The van der Waals surface area contributed by atoms with Crippen molar-refractivity contribution in [3.05, 3.63) is 12.2 Å². The lowest BCUT2D eigenvalue weighted by atomic mass is 10.2. The zero-order chi connectivity index (χ0) is 6.69. The van der Waals surface area contributed by atoms with Crippen LogP contribution in [-0.4, -0.2) is 25.3 Å². The van der Waals surface area contributed by atoms with E-state index in [1.54, 1.807) is 0 Å². The second-order valence-electron chi connectivity index (χ2n) is 2.16. The van der Waals surface area contributed by atoms with E-state index in [0.717, 1.165) is 0 Å². The van der Waals surface area contributed by atoms with Gasteiger partial charge < -0.3 is 16.2 Å². The third-order valence-electron chi connectivity index (χ3n) is 1.31. The monoisotopic (exact) mass is 128 g/mol. The van der Waals surface area contributed by atoms with Gasteiger partial charge >= 0.3 is 0 Å². The Balaban J connectivity index is 2.38. The minimum atomic E-state index is 0.0628. The Morgan fingerprint density at radius 3 is 2.78 bits per heavy atom. The molecule has 0 spiro atoms. The van der Waals surface area contributed by atoms with Crippen molar-refractivity contribution in [2.75, 3.05) is 13.2 Å². The largest absolute Gasteiger partial charge is 0.371 e. The molecule has 0 aliphatic carbocycles. The number of hydrogen-bond donors (Lipinski definition) is 2. The molecule has 0 amide bonds. The molecule has 0 unspecified atom stereocenters. The predicted molar refractivity (Wildman–Crippen MR) is 35.9 cm³/mol. The van der Waals surface area contributed by atoms with E-state index in [4.69, 9.17) is 16.2 Å². The SMILES string of the molecule is NC[C@H]1C=C[C@@H](N)CO1. The van der Waals surface area contributed by atoms with Crippen LogP contribution in [-0.2, 0) is 4.74 Å². The quantitative estimate of drug-likeness (QED) is 0.456. The fourth-order valence-corrected chi connectivity index (χ4v) is 0.759. The van der Waals surface area contributed by atoms with Crippen molar-refractivity contribution in [1.82, 2.24) is 0 Å². The fourth-order valence-electron chi connectivity index (χ4n) is 0.759. The highest BCUT2D eigenvalue weighted by Gasteiger charge is 2.09. The van der Waals surface area contributed by atoms with Crippen LogP contribution in [0.15, 0.2) is 12.2 Å². The predicted octanol–water partition coefficient (Wildman–Crippen LogP) is -0.773. The summed E-state index contributed by atoms with van der Waals surface area (Å²) in [4.78, 5) is 0. The maximum absolute atomic E-state index is 5.50. The summed E-state index contributed by atoms with van der Waals surface area (Å²) in [6.45, 7) is 1.14. The lowest BCUT2D eigenvalue weighted by molar-refractivity contribution is 0.0771. The van der Waals surface area contributed by atoms with Crippen molar-refractivity contribution in [1.29, 1.82) is 0 Å². The highest BCUT2D eigenvalue weighted by atomic mass is 16.5. The molecule has 1 heterocycles. The number of nitrogens with two attached hydrogens (primary N) is 2. The molecular formula is C6H12N2O. The Bertz CT molecular complexity index is 114. The smallest absolute Gasteiger partial charge is 0.0879 e. The average Bonchev–Trinajstić information content (AvgIpc) is 1.90. The van der Waals surface area contributed by atoms with Gasteiger partial charge in [0.25, 0.3) is 0 Å². The van der Waals surface area contributed by atoms with E-state index in [1.807, 2.05) is 12.2 Å². The van der Waals surface area contributed by atoms with Crippen LogP contribution in [0.25, 0.3) is 0 Å². The molecule has 3 heteroatoms. The Morgan fingerprint density at radius 1 is 1.56 bits per heavy atom. The van der Waals surface area contributed by atoms with Gasteiger partial charge in [-0.25, -0.2) is 0 Å². The standard InChI is InChI=1S/C6H12N2O/c7-3-6-2-1-5(8)4-9-6/h1-2,5-6H,3-4,7-8H2/t5-,6-/m1/s1. The molecule has 0 radical (unpaired) electrons. The first-order valence-corrected chi connectivity index (χ1v) is 3.08. The summed E-state index contributed by atoms with van der Waals surface area (Å²) in [6.07, 6.45) is 3.93. The third-order valence-corrected chi connectivity index (χ3v) is 1.31. The van der Waals surface area contributed by atoms with Crippen molar-refractivity contribution < 1.29 is 4.74 Å². The van der Waals surface area contributed by atoms with Crippen LogP contribution < -0.4 is 11.5 Å². The van der Waals surface area contributed by atoms with Crippen molar-refractivity contribution >= 4 is 0 Å². The van der Waals surface area contributed by atoms with Gasteiger partial charge in [-0.05, 0) is 0 Å². The highest BCUT2D eigenvalue weighted by molar-refractivity contribution is 5.00. The average molecular weight is 128 g/mol. The summed E-state index contributed by atoms with van der Waals surface area (Å²) in [5.41, 5.74) is 10.8. The Labute approximate surface area is 54.7 Å². The van der Waals surface area contributed by atoms with E-state index in [1.165, 1.54) is 0 Å². The highest BCUT2D eigenvalue weighted by Crippen LogP contribution is 2.01. The van der Waals surface area contributed by atoms with E-state index in [2.05, 4.69) is 0 Å². The van der Waals surface area contributed by atoms with Crippen LogP contribution in [0.2, 0.25) is 0 Å². The number of ether oxygens (including phenoxy) is 1. The zero-order valence-electron chi connectivity index (χ0n) is 5.29. The second kappa shape index (κ2) is 2.96. The molecule has 1 rings (SSSR count). The lowest BCUT2D eigenvalue weighted by Gasteiger charge is -2.19. The van der Waals surface area contributed by atoms with Gasteiger partial charge in [0.05, 0.1) is 12.7 Å². The third kappa shape index (κ3) is 1.78. The van der Waals surface area contributed by atoms with Gasteiger partial charge in [-0.2, -0.15) is 0 Å². The van der Waals surface area contributed by atoms with Crippen LogP contribution in [0.1, 0.15) is 0 Å². The molecule has 1 aliphatic heterocycles. The summed E-state index contributed by atoms with van der Waals surface area (Å²) >= 11 is 0. The molecule has 0 saturated carbocycles. The van der Waals surface area contributed by atoms with E-state index < -0.39 is 0 Å². The molecule has 0 aromatic heterocycles. The molecule has 0 aromatic carbocycles. The second-order valence-corrected chi connectivity index (χ2v) is 2.16. The van der Waals surface area contributed by atoms with Gasteiger partial charge in [-0.1, -0.05) is 12.2 Å². The molecule has 4 N–H and O–H groups in total. The lowest BCUT2D eigenvalue weighted by Crippen LogP contribution is -2.34. The minimum Gasteiger partial charge on any atom is -0.371 e. The van der Waals surface area contributed by atoms with E-state index >= 15 is 0 Å². The summed E-state index contributed by atoms with van der Waals surface area (Å²) in [7, 11) is 0. The maximum atomic E-state index is 5.50. The fraction of sp³-hybridized carbons (Fsp3) is 0.667. The van der Waals surface area contributed by atoms with Gasteiger partial charge in [-0.3, -0.25) is 0 Å². The normalized spacial score (nSPS) is 34.9. The van der Waals surface area contributed by atoms with Gasteiger partial charge in [0, 0.05) is 12.6 Å². The van der Waals surface area contributed by atoms with Crippen molar-refractivity contribution in [2.24, 2.45) is 11.5 Å². The van der Waals surface area contributed by atoms with Crippen molar-refractivity contribution in [2.45, 2.75) is 12.1 Å². The molecule has 0 fully saturated rings. The number of rotatable bonds is 1. The Kier molecular flexibility index (Phi) is 2.22. The Morgan fingerprint density at radius 2 is 2.33 bits per heavy atom. The minimum absolute atomic E-state index is 0.0628. The van der Waals surface area contributed by atoms with Crippen LogP contribution in [0, 0.1) is 0 Å². The molecule has 1 aliphatic rings. The van der Waals surface area contributed by atoms with Crippen LogP contribution >= 0.6 is 0 Å². The molecular weight excluding hydrogens is 116 g/mol. The van der Waals surface area contributed by atoms with Gasteiger partial charge in [0.1, 0.15) is 0 Å². The summed E-state index contributed by atoms with van der Waals surface area (Å²) in [5, 5.41) is 0. The summed E-state index contributed by atoms with van der Waals surface area (Å²) in [5.74, 6) is 0. The first kappa shape index (κ1) is 6.74. The van der Waals surface area contributed by atoms with Gasteiger partial charge in [-0.15, -0.1) is 0 Å². The molecule has 3 nitrogen and oxygen atoms in total.